The molecule has 3 rings (SSSR count). The summed E-state index contributed by atoms with van der Waals surface area (Å²) in [4.78, 5) is 10.7. The third-order valence-electron chi connectivity index (χ3n) is 6.14. The average molecular weight is 309 g/mol. The highest BCUT2D eigenvalue weighted by molar-refractivity contribution is 4.79. The van der Waals surface area contributed by atoms with Crippen molar-refractivity contribution in [2.75, 3.05) is 59.0 Å². The first-order chi connectivity index (χ1) is 10.7. The van der Waals surface area contributed by atoms with E-state index in [2.05, 4.69) is 33.4 Å². The van der Waals surface area contributed by atoms with E-state index >= 15 is 0 Å². The molecule has 0 aromatic heterocycles. The first-order valence-electron chi connectivity index (χ1n) is 9.65. The summed E-state index contributed by atoms with van der Waals surface area (Å²) < 4.78 is 0. The van der Waals surface area contributed by atoms with Crippen molar-refractivity contribution < 1.29 is 0 Å². The van der Waals surface area contributed by atoms with E-state index in [0.29, 0.717) is 0 Å². The van der Waals surface area contributed by atoms with Gasteiger partial charge in [0.25, 0.3) is 0 Å². The van der Waals surface area contributed by atoms with Gasteiger partial charge in [0.2, 0.25) is 0 Å². The van der Waals surface area contributed by atoms with Gasteiger partial charge in [0.15, 0.2) is 0 Å². The zero-order valence-electron chi connectivity index (χ0n) is 14.8. The van der Waals surface area contributed by atoms with Crippen LogP contribution < -0.4 is 0 Å². The monoisotopic (exact) mass is 308 g/mol. The zero-order valence-corrected chi connectivity index (χ0v) is 14.8. The minimum Gasteiger partial charge on any atom is -0.301 e. The van der Waals surface area contributed by atoms with Gasteiger partial charge < -0.3 is 4.90 Å². The Kier molecular flexibility index (Phi) is 6.14. The maximum atomic E-state index is 2.68. The minimum atomic E-state index is 0.821. The molecule has 0 aliphatic carbocycles. The normalized spacial score (nSPS) is 32.5. The van der Waals surface area contributed by atoms with Crippen molar-refractivity contribution in [2.24, 2.45) is 0 Å². The largest absolute Gasteiger partial charge is 0.301 e. The van der Waals surface area contributed by atoms with Crippen LogP contribution in [-0.2, 0) is 0 Å². The Balaban J connectivity index is 1.27. The van der Waals surface area contributed by atoms with Crippen molar-refractivity contribution >= 4 is 0 Å². The zero-order chi connectivity index (χ0) is 15.4. The van der Waals surface area contributed by atoms with Crippen molar-refractivity contribution in [2.45, 2.75) is 58.0 Å². The van der Waals surface area contributed by atoms with E-state index in [-0.39, 0.29) is 0 Å². The summed E-state index contributed by atoms with van der Waals surface area (Å²) in [5.41, 5.74) is 0. The maximum Gasteiger partial charge on any atom is 0.0507 e. The Bertz CT molecular complexity index is 335. The molecular weight excluding hydrogens is 272 g/mol. The molecule has 128 valence electrons. The minimum absolute atomic E-state index is 0.821. The summed E-state index contributed by atoms with van der Waals surface area (Å²) in [6.45, 7) is 16.4. The van der Waals surface area contributed by atoms with Crippen LogP contribution in [0.15, 0.2) is 0 Å². The molecule has 3 aliphatic rings. The molecule has 0 aromatic rings. The number of likely N-dealkylation sites (tertiary alicyclic amines) is 2. The summed E-state index contributed by atoms with van der Waals surface area (Å²) in [7, 11) is 0. The van der Waals surface area contributed by atoms with Crippen LogP contribution in [0.4, 0.5) is 0 Å². The summed E-state index contributed by atoms with van der Waals surface area (Å²) in [5, 5.41) is 0. The second-order valence-corrected chi connectivity index (χ2v) is 7.79. The van der Waals surface area contributed by atoms with Crippen LogP contribution in [0, 0.1) is 0 Å². The van der Waals surface area contributed by atoms with Crippen LogP contribution in [0.1, 0.15) is 46.0 Å². The molecule has 3 saturated heterocycles. The Labute approximate surface area is 137 Å². The first kappa shape index (κ1) is 16.7. The summed E-state index contributed by atoms with van der Waals surface area (Å²) in [5.74, 6) is 0. The van der Waals surface area contributed by atoms with Crippen LogP contribution in [-0.4, -0.2) is 90.7 Å². The lowest BCUT2D eigenvalue weighted by Gasteiger charge is -2.25. The molecule has 22 heavy (non-hydrogen) atoms. The van der Waals surface area contributed by atoms with Crippen molar-refractivity contribution in [1.82, 2.24) is 19.6 Å². The molecule has 4 heteroatoms. The van der Waals surface area contributed by atoms with Gasteiger partial charge in [-0.1, -0.05) is 0 Å². The standard InChI is InChI=1S/C18H36N4/c1-17-6-3-9-21(17)11-5-8-19-12-13-20(16-19)14-15-22-10-4-7-18(22)2/h17-18H,3-16H2,1-2H3. The molecule has 3 aliphatic heterocycles. The quantitative estimate of drug-likeness (QED) is 0.712. The molecule has 3 heterocycles. The van der Waals surface area contributed by atoms with Gasteiger partial charge in [0, 0.05) is 44.8 Å². The third-order valence-corrected chi connectivity index (χ3v) is 6.14. The van der Waals surface area contributed by atoms with Crippen LogP contribution in [0.2, 0.25) is 0 Å². The Morgan fingerprint density at radius 3 is 1.86 bits per heavy atom. The van der Waals surface area contributed by atoms with E-state index in [0.717, 1.165) is 12.1 Å². The SMILES string of the molecule is CC1CCCN1CCCN1CCN(CCN2CCCC2C)C1. The molecule has 0 N–H and O–H groups in total. The molecule has 2 atom stereocenters. The van der Waals surface area contributed by atoms with Crippen molar-refractivity contribution in [3.8, 4) is 0 Å². The molecule has 0 amide bonds. The van der Waals surface area contributed by atoms with Gasteiger partial charge in [0.05, 0.1) is 6.67 Å². The molecule has 0 radical (unpaired) electrons. The van der Waals surface area contributed by atoms with Gasteiger partial charge in [-0.05, 0) is 65.6 Å². The molecule has 2 unspecified atom stereocenters. The molecule has 0 spiro atoms. The summed E-state index contributed by atoms with van der Waals surface area (Å²) in [6.07, 6.45) is 6.98. The maximum absolute atomic E-state index is 2.68. The molecular formula is C18H36N4. The Morgan fingerprint density at radius 2 is 1.27 bits per heavy atom. The van der Waals surface area contributed by atoms with Gasteiger partial charge in [-0.2, -0.15) is 0 Å². The van der Waals surface area contributed by atoms with Crippen molar-refractivity contribution in [3.05, 3.63) is 0 Å². The summed E-state index contributed by atoms with van der Waals surface area (Å²) >= 11 is 0. The lowest BCUT2D eigenvalue weighted by atomic mass is 10.2. The summed E-state index contributed by atoms with van der Waals surface area (Å²) in [6, 6.07) is 1.65. The molecule has 3 fully saturated rings. The van der Waals surface area contributed by atoms with Crippen molar-refractivity contribution in [3.63, 3.8) is 0 Å². The predicted octanol–water partition coefficient (Wildman–Crippen LogP) is 1.92. The number of rotatable bonds is 7. The van der Waals surface area contributed by atoms with Crippen LogP contribution >= 0.6 is 0 Å². The molecule has 0 bridgehead atoms. The van der Waals surface area contributed by atoms with E-state index in [1.165, 1.54) is 91.1 Å². The Morgan fingerprint density at radius 1 is 0.682 bits per heavy atom. The fourth-order valence-electron chi connectivity index (χ4n) is 4.49. The number of hydrogen-bond donors (Lipinski definition) is 0. The molecule has 4 nitrogen and oxygen atoms in total. The first-order valence-corrected chi connectivity index (χ1v) is 9.65. The molecule has 0 saturated carbocycles. The van der Waals surface area contributed by atoms with E-state index in [1.807, 2.05) is 0 Å². The fraction of sp³-hybridized carbons (Fsp3) is 1.00. The fourth-order valence-corrected chi connectivity index (χ4v) is 4.49. The molecule has 0 aromatic carbocycles. The van der Waals surface area contributed by atoms with Gasteiger partial charge >= 0.3 is 0 Å². The highest BCUT2D eigenvalue weighted by Gasteiger charge is 2.24. The third kappa shape index (κ3) is 4.44. The van der Waals surface area contributed by atoms with E-state index in [1.54, 1.807) is 0 Å². The second kappa shape index (κ2) is 8.09. The van der Waals surface area contributed by atoms with Gasteiger partial charge in [-0.3, -0.25) is 14.7 Å². The topological polar surface area (TPSA) is 13.0 Å². The van der Waals surface area contributed by atoms with Crippen LogP contribution in [0.25, 0.3) is 0 Å². The van der Waals surface area contributed by atoms with E-state index < -0.39 is 0 Å². The van der Waals surface area contributed by atoms with Crippen LogP contribution in [0.5, 0.6) is 0 Å². The number of hydrogen-bond acceptors (Lipinski definition) is 4. The predicted molar refractivity (Wildman–Crippen MR) is 93.2 cm³/mol. The Hall–Kier alpha value is -0.160. The van der Waals surface area contributed by atoms with Gasteiger partial charge in [0.1, 0.15) is 0 Å². The lowest BCUT2D eigenvalue weighted by molar-refractivity contribution is 0.189. The van der Waals surface area contributed by atoms with E-state index in [4.69, 9.17) is 0 Å². The highest BCUT2D eigenvalue weighted by Crippen LogP contribution is 2.17. The van der Waals surface area contributed by atoms with Gasteiger partial charge in [-0.25, -0.2) is 0 Å². The highest BCUT2D eigenvalue weighted by atomic mass is 15.4. The average Bonchev–Trinajstić information content (AvgIpc) is 3.21. The number of nitrogens with zero attached hydrogens (tertiary/aromatic N) is 4. The van der Waals surface area contributed by atoms with E-state index in [9.17, 15) is 0 Å². The van der Waals surface area contributed by atoms with Crippen LogP contribution in [0.3, 0.4) is 0 Å². The second-order valence-electron chi connectivity index (χ2n) is 7.79. The lowest BCUT2D eigenvalue weighted by Crippen LogP contribution is -2.37. The smallest absolute Gasteiger partial charge is 0.0507 e. The van der Waals surface area contributed by atoms with Gasteiger partial charge in [-0.15, -0.1) is 0 Å². The van der Waals surface area contributed by atoms with Crippen molar-refractivity contribution in [1.29, 1.82) is 0 Å².